The fraction of sp³-hybridized carbons (Fsp3) is 0.333. The van der Waals surface area contributed by atoms with E-state index in [2.05, 4.69) is 15.9 Å². The smallest absolute Gasteiger partial charge is 0.420 e. The van der Waals surface area contributed by atoms with Crippen molar-refractivity contribution in [3.63, 3.8) is 0 Å². The molecule has 0 radical (unpaired) electrons. The molecule has 0 saturated carbocycles. The molecular weight excluding hydrogens is 324 g/mol. The summed E-state index contributed by atoms with van der Waals surface area (Å²) in [4.78, 5) is 0. The lowest BCUT2D eigenvalue weighted by molar-refractivity contribution is -0.138. The highest BCUT2D eigenvalue weighted by molar-refractivity contribution is 9.10. The van der Waals surface area contributed by atoms with Crippen molar-refractivity contribution >= 4 is 28.3 Å². The maximum atomic E-state index is 12.5. The first-order valence-corrected chi connectivity index (χ1v) is 5.12. The van der Waals surface area contributed by atoms with Gasteiger partial charge in [-0.2, -0.15) is 13.2 Å². The number of benzene rings is 1. The van der Waals surface area contributed by atoms with E-state index >= 15 is 0 Å². The maximum absolute atomic E-state index is 12.5. The third-order valence-corrected chi connectivity index (χ3v) is 2.52. The average Bonchev–Trinajstić information content (AvgIpc) is 2.18. The highest BCUT2D eigenvalue weighted by Crippen LogP contribution is 2.40. The first-order chi connectivity index (χ1) is 7.27. The van der Waals surface area contributed by atoms with Crippen LogP contribution in [0, 0.1) is 0 Å². The number of phenols is 1. The van der Waals surface area contributed by atoms with Crippen molar-refractivity contribution in [3.8, 4) is 5.75 Å². The third-order valence-electron chi connectivity index (χ3n) is 2.06. The van der Waals surface area contributed by atoms with E-state index in [1.165, 1.54) is 6.07 Å². The second-order valence-corrected chi connectivity index (χ2v) is 4.15. The van der Waals surface area contributed by atoms with Gasteiger partial charge in [-0.3, -0.25) is 0 Å². The number of rotatable bonds is 2. The summed E-state index contributed by atoms with van der Waals surface area (Å²) in [6, 6.07) is 1.28. The van der Waals surface area contributed by atoms with Crippen LogP contribution in [-0.2, 0) is 6.18 Å². The van der Waals surface area contributed by atoms with E-state index in [0.717, 1.165) is 6.07 Å². The average molecular weight is 336 g/mol. The van der Waals surface area contributed by atoms with Gasteiger partial charge in [-0.15, -0.1) is 12.4 Å². The van der Waals surface area contributed by atoms with Gasteiger partial charge in [0.25, 0.3) is 0 Å². The predicted octanol–water partition coefficient (Wildman–Crippen LogP) is 2.55. The first kappa shape index (κ1) is 16.5. The Morgan fingerprint density at radius 1 is 1.35 bits per heavy atom. The molecule has 8 heteroatoms. The van der Waals surface area contributed by atoms with E-state index in [0.29, 0.717) is 0 Å². The van der Waals surface area contributed by atoms with Crippen molar-refractivity contribution in [1.29, 1.82) is 0 Å². The largest absolute Gasteiger partial charge is 0.507 e. The number of phenolic OH excluding ortho intramolecular Hbond substituents is 1. The monoisotopic (exact) mass is 334 g/mol. The molecule has 1 aromatic carbocycles. The van der Waals surface area contributed by atoms with Crippen LogP contribution in [0.3, 0.4) is 0 Å². The van der Waals surface area contributed by atoms with Crippen molar-refractivity contribution in [2.75, 3.05) is 6.54 Å². The van der Waals surface area contributed by atoms with E-state index < -0.39 is 23.5 Å². The molecule has 0 amide bonds. The zero-order valence-electron chi connectivity index (χ0n) is 8.46. The van der Waals surface area contributed by atoms with Crippen molar-refractivity contribution in [2.24, 2.45) is 11.5 Å². The fourth-order valence-electron chi connectivity index (χ4n) is 1.25. The number of alkyl halides is 3. The Labute approximate surface area is 111 Å². The molecule has 0 aromatic heterocycles. The lowest BCUT2D eigenvalue weighted by Gasteiger charge is -2.16. The second-order valence-electron chi connectivity index (χ2n) is 3.23. The van der Waals surface area contributed by atoms with Crippen LogP contribution >= 0.6 is 28.3 Å². The third kappa shape index (κ3) is 3.74. The van der Waals surface area contributed by atoms with Crippen LogP contribution in [0.15, 0.2) is 16.6 Å². The molecule has 0 unspecified atom stereocenters. The molecule has 0 saturated heterocycles. The lowest BCUT2D eigenvalue weighted by Crippen LogP contribution is -2.21. The molecule has 0 fully saturated rings. The fourth-order valence-corrected chi connectivity index (χ4v) is 1.72. The summed E-state index contributed by atoms with van der Waals surface area (Å²) in [7, 11) is 0. The molecule has 0 aliphatic rings. The molecule has 0 bridgehead atoms. The Kier molecular flexibility index (Phi) is 5.73. The van der Waals surface area contributed by atoms with Gasteiger partial charge >= 0.3 is 6.18 Å². The highest BCUT2D eigenvalue weighted by atomic mass is 79.9. The van der Waals surface area contributed by atoms with Gasteiger partial charge in [0, 0.05) is 22.6 Å². The first-order valence-electron chi connectivity index (χ1n) is 4.32. The molecule has 0 spiro atoms. The molecule has 5 N–H and O–H groups in total. The van der Waals surface area contributed by atoms with Gasteiger partial charge in [0.15, 0.2) is 0 Å². The quantitative estimate of drug-likeness (QED) is 0.778. The molecular formula is C9H11BrClF3N2O. The zero-order chi connectivity index (χ0) is 12.5. The van der Waals surface area contributed by atoms with Gasteiger partial charge in [0.1, 0.15) is 5.75 Å². The maximum Gasteiger partial charge on any atom is 0.420 e. The highest BCUT2D eigenvalue weighted by Gasteiger charge is 2.35. The van der Waals surface area contributed by atoms with Crippen LogP contribution in [0.4, 0.5) is 13.2 Å². The van der Waals surface area contributed by atoms with Crippen molar-refractivity contribution in [2.45, 2.75) is 12.2 Å². The summed E-state index contributed by atoms with van der Waals surface area (Å²) in [5.41, 5.74) is 9.60. The van der Waals surface area contributed by atoms with Crippen molar-refractivity contribution in [1.82, 2.24) is 0 Å². The Bertz CT molecular complexity index is 401. The van der Waals surface area contributed by atoms with E-state index in [-0.39, 0.29) is 29.0 Å². The van der Waals surface area contributed by atoms with Gasteiger partial charge in [-0.1, -0.05) is 15.9 Å². The van der Waals surface area contributed by atoms with Crippen molar-refractivity contribution < 1.29 is 18.3 Å². The molecule has 1 rings (SSSR count). The number of halogens is 5. The summed E-state index contributed by atoms with van der Waals surface area (Å²) < 4.78 is 37.8. The number of hydrogen-bond donors (Lipinski definition) is 3. The summed E-state index contributed by atoms with van der Waals surface area (Å²) in [5.74, 6) is -0.867. The Balaban J connectivity index is 0.00000256. The molecule has 1 atom stereocenters. The van der Waals surface area contributed by atoms with Crippen LogP contribution in [0.2, 0.25) is 0 Å². The van der Waals surface area contributed by atoms with Gasteiger partial charge in [-0.05, 0) is 12.1 Å². The number of aromatic hydroxyl groups is 1. The summed E-state index contributed by atoms with van der Waals surface area (Å²) in [6.07, 6.45) is -4.63. The summed E-state index contributed by atoms with van der Waals surface area (Å²) in [6.45, 7) is -0.0543. The van der Waals surface area contributed by atoms with E-state index in [1.54, 1.807) is 0 Å². The minimum absolute atomic E-state index is 0. The van der Waals surface area contributed by atoms with Gasteiger partial charge in [0.05, 0.1) is 5.56 Å². The van der Waals surface area contributed by atoms with Crippen LogP contribution in [-0.4, -0.2) is 11.7 Å². The molecule has 0 aliphatic heterocycles. The van der Waals surface area contributed by atoms with Crippen LogP contribution < -0.4 is 11.5 Å². The second kappa shape index (κ2) is 5.90. The van der Waals surface area contributed by atoms with Crippen LogP contribution in [0.25, 0.3) is 0 Å². The van der Waals surface area contributed by atoms with Crippen LogP contribution in [0.1, 0.15) is 17.2 Å². The van der Waals surface area contributed by atoms with E-state index in [4.69, 9.17) is 11.5 Å². The van der Waals surface area contributed by atoms with Crippen LogP contribution in [0.5, 0.6) is 5.75 Å². The molecule has 1 aromatic rings. The zero-order valence-corrected chi connectivity index (χ0v) is 10.9. The van der Waals surface area contributed by atoms with Gasteiger partial charge < -0.3 is 16.6 Å². The van der Waals surface area contributed by atoms with Crippen molar-refractivity contribution in [3.05, 3.63) is 27.7 Å². The summed E-state index contributed by atoms with van der Waals surface area (Å²) in [5, 5.41) is 9.47. The number of hydrogen-bond acceptors (Lipinski definition) is 3. The summed E-state index contributed by atoms with van der Waals surface area (Å²) >= 11 is 2.93. The minimum Gasteiger partial charge on any atom is -0.507 e. The lowest BCUT2D eigenvalue weighted by atomic mass is 10.0. The topological polar surface area (TPSA) is 72.3 Å². The molecule has 0 heterocycles. The molecule has 17 heavy (non-hydrogen) atoms. The molecule has 3 nitrogen and oxygen atoms in total. The normalized spacial score (nSPS) is 13.1. The Morgan fingerprint density at radius 3 is 2.29 bits per heavy atom. The Morgan fingerprint density at radius 2 is 1.88 bits per heavy atom. The van der Waals surface area contributed by atoms with Gasteiger partial charge in [-0.25, -0.2) is 0 Å². The van der Waals surface area contributed by atoms with E-state index in [9.17, 15) is 18.3 Å². The predicted molar refractivity (Wildman–Crippen MR) is 64.0 cm³/mol. The van der Waals surface area contributed by atoms with Gasteiger partial charge in [0.2, 0.25) is 0 Å². The minimum atomic E-state index is -4.63. The number of nitrogens with two attached hydrogens (primary N) is 2. The molecule has 0 aliphatic carbocycles. The Hall–Kier alpha value is -0.500. The standard InChI is InChI=1S/C9H10BrF3N2O.ClH/c10-4-1-5(7(15)3-14)8(16)6(2-4)9(11,12)13;/h1-2,7,16H,3,14-15H2;1H/t7-;/m0./s1. The SMILES string of the molecule is Cl.NC[C@H](N)c1cc(Br)cc(C(F)(F)F)c1O. The molecule has 98 valence electrons. The van der Waals surface area contributed by atoms with E-state index in [1.807, 2.05) is 0 Å².